The smallest absolute Gasteiger partial charge is 0.406 e. The molecule has 0 bridgehead atoms. The van der Waals surface area contributed by atoms with Gasteiger partial charge in [-0.1, -0.05) is 0 Å². The van der Waals surface area contributed by atoms with Gasteiger partial charge in [-0.3, -0.25) is 4.79 Å². The number of aromatic nitrogens is 1. The Bertz CT molecular complexity index is 520. The summed E-state index contributed by atoms with van der Waals surface area (Å²) in [5, 5.41) is 9.03. The number of carbonyl (C=O) groups excluding carboxylic acids is 1. The molecule has 0 unspecified atom stereocenters. The van der Waals surface area contributed by atoms with Crippen molar-refractivity contribution in [3.05, 3.63) is 24.0 Å². The number of carboxylic acids is 1. The highest BCUT2D eigenvalue weighted by atomic mass is 19.4. The van der Waals surface area contributed by atoms with E-state index in [2.05, 4.69) is 0 Å². The van der Waals surface area contributed by atoms with E-state index in [1.165, 1.54) is 33.0 Å². The second-order valence-corrected chi connectivity index (χ2v) is 4.86. The Labute approximate surface area is 113 Å². The fourth-order valence-corrected chi connectivity index (χ4v) is 1.51. The molecule has 0 saturated heterocycles. The van der Waals surface area contributed by atoms with Gasteiger partial charge in [0.15, 0.2) is 0 Å². The van der Waals surface area contributed by atoms with Crippen LogP contribution in [0, 0.1) is 0 Å². The van der Waals surface area contributed by atoms with E-state index < -0.39 is 30.1 Å². The third kappa shape index (κ3) is 3.31. The van der Waals surface area contributed by atoms with E-state index in [9.17, 15) is 22.8 Å². The number of hydrogen-bond acceptors (Lipinski definition) is 2. The van der Waals surface area contributed by atoms with Crippen LogP contribution in [0.2, 0.25) is 0 Å². The molecule has 20 heavy (non-hydrogen) atoms. The van der Waals surface area contributed by atoms with Crippen LogP contribution < -0.4 is 0 Å². The Morgan fingerprint density at radius 3 is 2.35 bits per heavy atom. The molecule has 0 saturated carbocycles. The summed E-state index contributed by atoms with van der Waals surface area (Å²) in [4.78, 5) is 24.1. The molecule has 112 valence electrons. The van der Waals surface area contributed by atoms with Crippen molar-refractivity contribution in [3.8, 4) is 0 Å². The third-order valence-corrected chi connectivity index (χ3v) is 3.06. The molecule has 0 spiro atoms. The number of halogens is 3. The van der Waals surface area contributed by atoms with Gasteiger partial charge in [0.05, 0.1) is 0 Å². The number of nitrogens with zero attached hydrogens (tertiary/aromatic N) is 2. The standard InChI is InChI=1S/C12H15F3N2O3/c1-11(2,10(19)20)16(3)9(18)8-5-4-6-17(8)7-12(13,14)15/h4-6H,7H2,1-3H3,(H,19,20). The molecule has 0 aromatic carbocycles. The van der Waals surface area contributed by atoms with Crippen LogP contribution in [0.3, 0.4) is 0 Å². The molecular formula is C12H15F3N2O3. The number of aliphatic carboxylic acids is 1. The maximum atomic E-state index is 12.4. The molecule has 0 radical (unpaired) electrons. The highest BCUT2D eigenvalue weighted by Crippen LogP contribution is 2.21. The summed E-state index contributed by atoms with van der Waals surface area (Å²) in [5.41, 5.74) is -1.73. The van der Waals surface area contributed by atoms with Gasteiger partial charge >= 0.3 is 12.1 Å². The summed E-state index contributed by atoms with van der Waals surface area (Å²) in [6.45, 7) is 1.29. The lowest BCUT2D eigenvalue weighted by atomic mass is 10.0. The van der Waals surface area contributed by atoms with Gasteiger partial charge in [-0.05, 0) is 26.0 Å². The van der Waals surface area contributed by atoms with Crippen molar-refractivity contribution < 1.29 is 27.9 Å². The lowest BCUT2D eigenvalue weighted by Gasteiger charge is -2.31. The molecule has 0 aliphatic carbocycles. The molecule has 1 aromatic heterocycles. The number of likely N-dealkylation sites (N-methyl/N-ethyl adjacent to an activating group) is 1. The number of amides is 1. The van der Waals surface area contributed by atoms with E-state index in [1.807, 2.05) is 0 Å². The summed E-state index contributed by atoms with van der Waals surface area (Å²) < 4.78 is 37.9. The van der Waals surface area contributed by atoms with Crippen LogP contribution in [-0.2, 0) is 11.3 Å². The van der Waals surface area contributed by atoms with Gasteiger partial charge in [0.1, 0.15) is 17.8 Å². The Balaban J connectivity index is 3.05. The fraction of sp³-hybridized carbons (Fsp3) is 0.500. The summed E-state index contributed by atoms with van der Waals surface area (Å²) in [6, 6.07) is 2.53. The summed E-state index contributed by atoms with van der Waals surface area (Å²) in [6.07, 6.45) is -3.34. The number of carbonyl (C=O) groups is 2. The highest BCUT2D eigenvalue weighted by Gasteiger charge is 2.37. The van der Waals surface area contributed by atoms with Crippen molar-refractivity contribution in [2.24, 2.45) is 0 Å². The zero-order valence-corrected chi connectivity index (χ0v) is 11.2. The van der Waals surface area contributed by atoms with Gasteiger partial charge < -0.3 is 14.6 Å². The van der Waals surface area contributed by atoms with Crippen molar-refractivity contribution in [2.45, 2.75) is 32.1 Å². The first-order valence-corrected chi connectivity index (χ1v) is 5.70. The second-order valence-electron chi connectivity index (χ2n) is 4.86. The minimum absolute atomic E-state index is 0.209. The predicted octanol–water partition coefficient (Wildman–Crippen LogP) is 1.99. The van der Waals surface area contributed by atoms with Crippen molar-refractivity contribution in [1.82, 2.24) is 9.47 Å². The lowest BCUT2D eigenvalue weighted by Crippen LogP contribution is -2.51. The normalized spacial score (nSPS) is 12.3. The van der Waals surface area contributed by atoms with E-state index in [0.717, 1.165) is 15.7 Å². The number of rotatable bonds is 4. The molecule has 8 heteroatoms. The molecule has 1 heterocycles. The molecule has 1 amide bonds. The molecule has 1 aromatic rings. The predicted molar refractivity (Wildman–Crippen MR) is 64.3 cm³/mol. The fourth-order valence-electron chi connectivity index (χ4n) is 1.51. The Morgan fingerprint density at radius 2 is 1.90 bits per heavy atom. The quantitative estimate of drug-likeness (QED) is 0.923. The number of carboxylic acid groups (broad SMARTS) is 1. The molecule has 0 fully saturated rings. The Morgan fingerprint density at radius 1 is 1.35 bits per heavy atom. The Kier molecular flexibility index (Phi) is 4.16. The minimum Gasteiger partial charge on any atom is -0.480 e. The SMILES string of the molecule is CN(C(=O)c1cccn1CC(F)(F)F)C(C)(C)C(=O)O. The maximum Gasteiger partial charge on any atom is 0.406 e. The van der Waals surface area contributed by atoms with Crippen molar-refractivity contribution in [1.29, 1.82) is 0 Å². The number of hydrogen-bond donors (Lipinski definition) is 1. The number of alkyl halides is 3. The van der Waals surface area contributed by atoms with Gasteiger partial charge in [0.2, 0.25) is 0 Å². The first kappa shape index (κ1) is 16.1. The topological polar surface area (TPSA) is 62.5 Å². The van der Waals surface area contributed by atoms with Gasteiger partial charge in [0, 0.05) is 13.2 Å². The van der Waals surface area contributed by atoms with E-state index in [0.29, 0.717) is 0 Å². The van der Waals surface area contributed by atoms with Crippen LogP contribution in [0.15, 0.2) is 18.3 Å². The lowest BCUT2D eigenvalue weighted by molar-refractivity contribution is -0.147. The van der Waals surface area contributed by atoms with Crippen LogP contribution in [0.25, 0.3) is 0 Å². The second kappa shape index (κ2) is 5.18. The van der Waals surface area contributed by atoms with Crippen LogP contribution >= 0.6 is 0 Å². The van der Waals surface area contributed by atoms with E-state index in [4.69, 9.17) is 5.11 Å². The molecule has 0 atom stereocenters. The van der Waals surface area contributed by atoms with Crippen LogP contribution in [-0.4, -0.2) is 45.2 Å². The molecule has 0 aliphatic heterocycles. The molecule has 1 rings (SSSR count). The van der Waals surface area contributed by atoms with E-state index >= 15 is 0 Å². The van der Waals surface area contributed by atoms with Crippen LogP contribution in [0.4, 0.5) is 13.2 Å². The summed E-state index contributed by atoms with van der Waals surface area (Å²) in [7, 11) is 1.24. The minimum atomic E-state index is -4.46. The van der Waals surface area contributed by atoms with Gasteiger partial charge in [0.25, 0.3) is 5.91 Å². The van der Waals surface area contributed by atoms with Crippen LogP contribution in [0.1, 0.15) is 24.3 Å². The van der Waals surface area contributed by atoms with Gasteiger partial charge in [-0.15, -0.1) is 0 Å². The van der Waals surface area contributed by atoms with E-state index in [1.54, 1.807) is 0 Å². The van der Waals surface area contributed by atoms with Gasteiger partial charge in [-0.25, -0.2) is 4.79 Å². The largest absolute Gasteiger partial charge is 0.480 e. The third-order valence-electron chi connectivity index (χ3n) is 3.06. The first-order valence-electron chi connectivity index (χ1n) is 5.70. The highest BCUT2D eigenvalue weighted by molar-refractivity contribution is 5.96. The van der Waals surface area contributed by atoms with Gasteiger partial charge in [-0.2, -0.15) is 13.2 Å². The van der Waals surface area contributed by atoms with Crippen molar-refractivity contribution >= 4 is 11.9 Å². The molecular weight excluding hydrogens is 277 g/mol. The average Bonchev–Trinajstić information content (AvgIpc) is 2.72. The maximum absolute atomic E-state index is 12.4. The average molecular weight is 292 g/mol. The summed E-state index contributed by atoms with van der Waals surface area (Å²) in [5.74, 6) is -2.03. The molecule has 5 nitrogen and oxygen atoms in total. The first-order chi connectivity index (χ1) is 8.97. The van der Waals surface area contributed by atoms with Crippen LogP contribution in [0.5, 0.6) is 0 Å². The molecule has 0 aliphatic rings. The van der Waals surface area contributed by atoms with Crippen molar-refractivity contribution in [2.75, 3.05) is 7.05 Å². The summed E-state index contributed by atoms with van der Waals surface area (Å²) >= 11 is 0. The zero-order chi connectivity index (χ0) is 15.7. The monoisotopic (exact) mass is 292 g/mol. The zero-order valence-electron chi connectivity index (χ0n) is 11.2. The van der Waals surface area contributed by atoms with E-state index in [-0.39, 0.29) is 5.69 Å². The van der Waals surface area contributed by atoms with Crippen molar-refractivity contribution in [3.63, 3.8) is 0 Å². The molecule has 1 N–H and O–H groups in total. The Hall–Kier alpha value is -1.99.